The average Bonchev–Trinajstić information content (AvgIpc) is 0.751. The maximum Gasteiger partial charge on any atom is 0.171 e. The lowest BCUT2D eigenvalue weighted by molar-refractivity contribution is 0.591. The van der Waals surface area contributed by atoms with E-state index in [2.05, 4.69) is 546 Å². The number of benzene rings is 24. The topological polar surface area (TPSA) is 34.1 Å². The van der Waals surface area contributed by atoms with Gasteiger partial charge < -0.3 is 9.13 Å². The van der Waals surface area contributed by atoms with Crippen LogP contribution in [0.1, 0.15) is 66.8 Å². The van der Waals surface area contributed by atoms with E-state index in [0.717, 1.165) is 65.2 Å². The summed E-state index contributed by atoms with van der Waals surface area (Å²) in [5, 5.41) is 26.6. The average molecular weight is 1850 g/mol. The quantitative estimate of drug-likeness (QED) is 0.0408. The Balaban J connectivity index is 0.000000173. The van der Waals surface area contributed by atoms with Crippen molar-refractivity contribution < 1.29 is 9.13 Å². The van der Waals surface area contributed by atoms with E-state index in [0.29, 0.717) is 0 Å². The molecule has 0 spiro atoms. The van der Waals surface area contributed by atoms with Crippen molar-refractivity contribution in [2.45, 2.75) is 0 Å². The molecule has 24 aromatic carbocycles. The molecule has 0 saturated heterocycles. The van der Waals surface area contributed by atoms with E-state index in [1.807, 2.05) is 36.4 Å². The summed E-state index contributed by atoms with van der Waals surface area (Å²) in [6.07, 6.45) is 26.2. The van der Waals surface area contributed by atoms with Gasteiger partial charge in [-0.25, -0.2) is 0 Å². The van der Waals surface area contributed by atoms with Crippen LogP contribution in [0.15, 0.2) is 510 Å². The number of hydrogen-bond acceptors (Lipinski definition) is 2. The highest BCUT2D eigenvalue weighted by Gasteiger charge is 2.32. The first-order valence-corrected chi connectivity index (χ1v) is 51.9. The third-order valence-electron chi connectivity index (χ3n) is 27.8. The third kappa shape index (κ3) is 17.5. The summed E-state index contributed by atoms with van der Waals surface area (Å²) in [6.45, 7) is 0. The molecule has 0 aliphatic carbocycles. The molecule has 0 fully saturated rings. The van der Waals surface area contributed by atoms with Crippen LogP contribution in [0.25, 0.3) is 203 Å². The molecule has 0 N–H and O–H groups in total. The Hall–Kier alpha value is -17.5. The second kappa shape index (κ2) is 39.6. The predicted octanol–water partition coefficient (Wildman–Crippen LogP) is 35.1. The van der Waals surface area contributed by atoms with Gasteiger partial charge in [0.05, 0.1) is 0 Å². The maximum atomic E-state index is 16.6. The van der Waals surface area contributed by atoms with Crippen LogP contribution in [0.2, 0.25) is 0 Å². The van der Waals surface area contributed by atoms with Crippen molar-refractivity contribution in [3.63, 3.8) is 0 Å². The second-order valence-corrected chi connectivity index (χ2v) is 41.7. The summed E-state index contributed by atoms with van der Waals surface area (Å²) in [7, 11) is -6.68. The molecule has 0 aliphatic heterocycles. The smallest absolute Gasteiger partial charge is 0.171 e. The molecular formula is C138H96O2P2. The Morgan fingerprint density at radius 1 is 0.127 bits per heavy atom. The number of hydrogen-bond donors (Lipinski definition) is 0. The van der Waals surface area contributed by atoms with Crippen molar-refractivity contribution in [2.75, 3.05) is 0 Å². The van der Waals surface area contributed by atoms with Crippen LogP contribution in [0.4, 0.5) is 0 Å². The highest BCUT2D eigenvalue weighted by molar-refractivity contribution is 7.85. The first kappa shape index (κ1) is 88.5. The minimum absolute atomic E-state index is 0.775. The van der Waals surface area contributed by atoms with E-state index < -0.39 is 14.3 Å². The molecule has 0 saturated carbocycles. The second-order valence-electron chi connectivity index (χ2n) is 36.2. The van der Waals surface area contributed by atoms with E-state index in [4.69, 9.17) is 0 Å². The van der Waals surface area contributed by atoms with E-state index in [9.17, 15) is 0 Å². The Bertz CT molecular complexity index is 8160. The fourth-order valence-electron chi connectivity index (χ4n) is 20.7. The Labute approximate surface area is 828 Å². The van der Waals surface area contributed by atoms with Gasteiger partial charge in [0.15, 0.2) is 14.3 Å². The summed E-state index contributed by atoms with van der Waals surface area (Å²) in [6, 6.07) is 179. The summed E-state index contributed by atoms with van der Waals surface area (Å²) < 4.78 is 32.2. The van der Waals surface area contributed by atoms with Crippen LogP contribution in [-0.2, 0) is 9.13 Å². The standard InChI is InChI=1S/C84H57OP.C54H39OP/c85-86(64-49-40-58(41-50-64)46-55-73-67-28-10-16-34-76(67)82(61-22-4-1-5-23-61)77-35-17-11-29-68(73)77,65-51-42-59(43-52-65)47-56-74-69-30-12-18-36-78(69)83(62-24-6-2-7-25-62)79-37-19-13-31-70(74)79)66-53-44-60(45-54-66)48-57-75-71-32-14-20-38-80(71)84(63-26-8-3-9-27-63)81-39-21-15-33-72(75)81;55-56(49-34-25-40(26-35-49)22-31-46-16-7-13-43-10-1-4-19-52(43)46,50-36-27-41(28-37-50)23-32-47-17-8-14-44-11-2-5-20-53(44)47)51-38-29-42(30-39-51)24-33-48-18-9-15-45-12-3-6-21-54(45)48/h1-57H;1-39H/b55-46+,56-47+,57-48+;31-22+,32-23+,33-24+. The summed E-state index contributed by atoms with van der Waals surface area (Å²) in [4.78, 5) is 0. The summed E-state index contributed by atoms with van der Waals surface area (Å²) >= 11 is 0. The fourth-order valence-corrected chi connectivity index (χ4v) is 25.9. The van der Waals surface area contributed by atoms with E-state index in [1.165, 1.54) is 164 Å². The molecular weight excluding hydrogens is 1750 g/mol. The minimum atomic E-state index is -3.44. The van der Waals surface area contributed by atoms with Gasteiger partial charge in [0.2, 0.25) is 0 Å². The highest BCUT2D eigenvalue weighted by Crippen LogP contribution is 2.48. The number of fused-ring (bicyclic) bond motifs is 9. The third-order valence-corrected chi connectivity index (χ3v) is 34.0. The van der Waals surface area contributed by atoms with Crippen LogP contribution in [0.3, 0.4) is 0 Å². The van der Waals surface area contributed by atoms with Gasteiger partial charge in [0.1, 0.15) is 0 Å². The van der Waals surface area contributed by atoms with Crippen LogP contribution in [0.5, 0.6) is 0 Å². The molecule has 2 nitrogen and oxygen atoms in total. The lowest BCUT2D eigenvalue weighted by Gasteiger charge is -2.21. The molecule has 0 radical (unpaired) electrons. The van der Waals surface area contributed by atoms with Crippen LogP contribution in [0, 0.1) is 0 Å². The van der Waals surface area contributed by atoms with Crippen LogP contribution in [-0.4, -0.2) is 0 Å². The molecule has 142 heavy (non-hydrogen) atoms. The lowest BCUT2D eigenvalue weighted by atomic mass is 9.88. The van der Waals surface area contributed by atoms with E-state index in [-0.39, 0.29) is 0 Å². The summed E-state index contributed by atoms with van der Waals surface area (Å²) in [5.41, 5.74) is 20.6. The zero-order chi connectivity index (χ0) is 95.1. The zero-order valence-electron chi connectivity index (χ0n) is 78.1. The molecule has 0 aliphatic rings. The van der Waals surface area contributed by atoms with Crippen LogP contribution >= 0.6 is 14.3 Å². The molecule has 24 rings (SSSR count). The molecule has 0 bridgehead atoms. The van der Waals surface area contributed by atoms with Gasteiger partial charge in [-0.1, -0.05) is 582 Å². The molecule has 4 heteroatoms. The van der Waals surface area contributed by atoms with Gasteiger partial charge in [-0.15, -0.1) is 0 Å². The summed E-state index contributed by atoms with van der Waals surface area (Å²) in [5.74, 6) is 0. The lowest BCUT2D eigenvalue weighted by Crippen LogP contribution is -2.25. The predicted molar refractivity (Wildman–Crippen MR) is 618 cm³/mol. The Morgan fingerprint density at radius 2 is 0.289 bits per heavy atom. The van der Waals surface area contributed by atoms with Gasteiger partial charge in [-0.2, -0.15) is 0 Å². The van der Waals surface area contributed by atoms with Crippen molar-refractivity contribution in [3.05, 3.63) is 576 Å². The molecule has 24 aromatic rings. The molecule has 0 atom stereocenters. The van der Waals surface area contributed by atoms with Gasteiger partial charge >= 0.3 is 0 Å². The molecule has 0 aromatic heterocycles. The monoisotopic (exact) mass is 1850 g/mol. The first-order valence-electron chi connectivity index (χ1n) is 48.5. The molecule has 670 valence electrons. The Morgan fingerprint density at radius 3 is 0.493 bits per heavy atom. The Kier molecular flexibility index (Phi) is 24.6. The van der Waals surface area contributed by atoms with Gasteiger partial charge in [-0.3, -0.25) is 0 Å². The van der Waals surface area contributed by atoms with Crippen molar-refractivity contribution >= 4 is 216 Å². The minimum Gasteiger partial charge on any atom is -0.309 e. The van der Waals surface area contributed by atoms with Crippen molar-refractivity contribution in [1.29, 1.82) is 0 Å². The zero-order valence-corrected chi connectivity index (χ0v) is 79.9. The maximum absolute atomic E-state index is 16.6. The number of rotatable bonds is 21. The molecule has 0 unspecified atom stereocenters. The van der Waals surface area contributed by atoms with E-state index >= 15 is 9.13 Å². The normalized spacial score (nSPS) is 12.1. The van der Waals surface area contributed by atoms with Gasteiger partial charge in [0, 0.05) is 31.8 Å². The van der Waals surface area contributed by atoms with Crippen molar-refractivity contribution in [1.82, 2.24) is 0 Å². The highest BCUT2D eigenvalue weighted by atomic mass is 31.2. The van der Waals surface area contributed by atoms with Gasteiger partial charge in [0.25, 0.3) is 0 Å². The van der Waals surface area contributed by atoms with Crippen molar-refractivity contribution in [2.24, 2.45) is 0 Å². The van der Waals surface area contributed by atoms with E-state index in [1.54, 1.807) is 0 Å². The van der Waals surface area contributed by atoms with Crippen molar-refractivity contribution in [3.8, 4) is 33.4 Å². The largest absolute Gasteiger partial charge is 0.309 e. The molecule has 0 amide bonds. The SMILES string of the molecule is O=P(c1ccc(/C=C/c2c3ccccc3c(-c3ccccc3)c3ccccc23)cc1)(c1ccc(/C=C/c2c3ccccc3c(-c3ccccc3)c3ccccc23)cc1)c1ccc(/C=C/c2c3ccccc3c(-c3ccccc3)c3ccccc23)cc1.O=P(c1ccc(/C=C/c2cccc3ccccc23)cc1)(c1ccc(/C=C/c2cccc3ccccc23)cc1)c1ccc(/C=C/c2cccc3ccccc23)cc1. The molecule has 0 heterocycles. The fraction of sp³-hybridized carbons (Fsp3) is 0. The first-order chi connectivity index (χ1) is 70.2. The van der Waals surface area contributed by atoms with Gasteiger partial charge in [-0.05, 0) is 197 Å². The van der Waals surface area contributed by atoms with Crippen LogP contribution < -0.4 is 31.8 Å².